The Morgan fingerprint density at radius 2 is 1.00 bits per heavy atom. The first kappa shape index (κ1) is 28.4. The third kappa shape index (κ3) is 7.09. The zero-order valence-corrected chi connectivity index (χ0v) is 23.9. The average Bonchev–Trinajstić information content (AvgIpc) is 2.96. The van der Waals surface area contributed by atoms with Gasteiger partial charge < -0.3 is 14.7 Å². The molecule has 3 aromatic carbocycles. The summed E-state index contributed by atoms with van der Waals surface area (Å²) in [7, 11) is 0. The molecule has 0 atom stereocenters. The molecule has 0 unspecified atom stereocenters. The van der Waals surface area contributed by atoms with Gasteiger partial charge in [0.25, 0.3) is 17.7 Å². The van der Waals surface area contributed by atoms with Crippen LogP contribution in [0.15, 0.2) is 72.8 Å². The van der Waals surface area contributed by atoms with Crippen LogP contribution < -0.4 is 0 Å². The number of hydrogen-bond donors (Lipinski definition) is 1. The number of nitrogens with zero attached hydrogens (tertiary/aromatic N) is 3. The van der Waals surface area contributed by atoms with Crippen LogP contribution in [0.25, 0.3) is 0 Å². The Morgan fingerprint density at radius 1 is 0.641 bits per heavy atom. The molecule has 0 spiro atoms. The van der Waals surface area contributed by atoms with E-state index in [0.29, 0.717) is 22.6 Å². The van der Waals surface area contributed by atoms with Crippen molar-refractivity contribution in [3.63, 3.8) is 0 Å². The number of thiol groups is 1. The Morgan fingerprint density at radius 3 is 1.33 bits per heavy atom. The first-order valence-corrected chi connectivity index (χ1v) is 14.2. The molecular weight excluding hydrogens is 506 g/mol. The average molecular weight is 544 g/mol. The van der Waals surface area contributed by atoms with Gasteiger partial charge in [-0.3, -0.25) is 14.4 Å². The van der Waals surface area contributed by atoms with Crippen molar-refractivity contribution in [2.75, 3.05) is 25.8 Å². The molecule has 3 amide bonds. The largest absolute Gasteiger partial charge is 0.303 e. The summed E-state index contributed by atoms with van der Waals surface area (Å²) in [5.41, 5.74) is 5.00. The second kappa shape index (κ2) is 13.0. The maximum absolute atomic E-state index is 13.6. The van der Waals surface area contributed by atoms with Crippen LogP contribution in [0.1, 0.15) is 68.5 Å². The standard InChI is InChI=1S/C32H37N3O3S/c1-4-24-5-11-27(12-6-24)30(36)33-20-34(31(37)28-13-7-25(8-14-28)17-18-39)22-35(21-33)32(38)29-15-9-26(10-16-29)19-23(2)3/h5-16,23,39H,4,17-22H2,1-3H3. The zero-order chi connectivity index (χ0) is 27.9. The topological polar surface area (TPSA) is 60.9 Å². The number of amides is 3. The molecule has 7 heteroatoms. The normalized spacial score (nSPS) is 13.6. The van der Waals surface area contributed by atoms with Crippen LogP contribution in [-0.2, 0) is 19.3 Å². The van der Waals surface area contributed by atoms with Gasteiger partial charge in [0, 0.05) is 16.7 Å². The van der Waals surface area contributed by atoms with E-state index in [1.54, 1.807) is 26.8 Å². The van der Waals surface area contributed by atoms with Gasteiger partial charge in [0.05, 0.1) is 20.0 Å². The van der Waals surface area contributed by atoms with Crippen molar-refractivity contribution < 1.29 is 14.4 Å². The molecule has 1 fully saturated rings. The first-order valence-electron chi connectivity index (χ1n) is 13.5. The lowest BCUT2D eigenvalue weighted by Crippen LogP contribution is -2.59. The summed E-state index contributed by atoms with van der Waals surface area (Å²) in [5, 5.41) is 0. The predicted molar refractivity (Wildman–Crippen MR) is 158 cm³/mol. The number of benzene rings is 3. The lowest BCUT2D eigenvalue weighted by molar-refractivity contribution is -0.00612. The minimum absolute atomic E-state index is 0.0996. The SMILES string of the molecule is CCc1ccc(C(=O)N2CN(C(=O)c3ccc(CCS)cc3)CN(C(=O)c3ccc(CC(C)C)cc3)C2)cc1. The fraction of sp³-hybridized carbons (Fsp3) is 0.344. The number of rotatable bonds is 8. The Labute approximate surface area is 237 Å². The van der Waals surface area contributed by atoms with Gasteiger partial charge in [0.15, 0.2) is 0 Å². The van der Waals surface area contributed by atoms with Gasteiger partial charge in [-0.05, 0) is 84.0 Å². The maximum Gasteiger partial charge on any atom is 0.256 e. The fourth-order valence-electron chi connectivity index (χ4n) is 4.77. The van der Waals surface area contributed by atoms with E-state index in [4.69, 9.17) is 0 Å². The van der Waals surface area contributed by atoms with Crippen LogP contribution in [0.4, 0.5) is 0 Å². The quantitative estimate of drug-likeness (QED) is 0.380. The van der Waals surface area contributed by atoms with E-state index in [0.717, 1.165) is 36.1 Å². The maximum atomic E-state index is 13.6. The van der Waals surface area contributed by atoms with Crippen LogP contribution in [0.5, 0.6) is 0 Å². The van der Waals surface area contributed by atoms with Gasteiger partial charge in [-0.1, -0.05) is 57.2 Å². The van der Waals surface area contributed by atoms with E-state index < -0.39 is 0 Å². The molecule has 39 heavy (non-hydrogen) atoms. The summed E-state index contributed by atoms with van der Waals surface area (Å²) in [6, 6.07) is 22.5. The molecule has 1 aliphatic rings. The van der Waals surface area contributed by atoms with Gasteiger partial charge in [0.1, 0.15) is 0 Å². The zero-order valence-electron chi connectivity index (χ0n) is 23.0. The van der Waals surface area contributed by atoms with Gasteiger partial charge >= 0.3 is 0 Å². The molecule has 0 aliphatic carbocycles. The van der Waals surface area contributed by atoms with E-state index >= 15 is 0 Å². The molecule has 3 aromatic rings. The highest BCUT2D eigenvalue weighted by Crippen LogP contribution is 2.19. The Balaban J connectivity index is 1.59. The molecule has 204 valence electrons. The smallest absolute Gasteiger partial charge is 0.256 e. The van der Waals surface area contributed by atoms with Gasteiger partial charge in [-0.15, -0.1) is 0 Å². The summed E-state index contributed by atoms with van der Waals surface area (Å²) < 4.78 is 0. The van der Waals surface area contributed by atoms with Crippen molar-refractivity contribution >= 4 is 30.4 Å². The van der Waals surface area contributed by atoms with E-state index in [2.05, 4.69) is 33.4 Å². The highest BCUT2D eigenvalue weighted by Gasteiger charge is 2.33. The lowest BCUT2D eigenvalue weighted by atomic mass is 10.0. The minimum Gasteiger partial charge on any atom is -0.303 e. The van der Waals surface area contributed by atoms with Crippen molar-refractivity contribution in [1.82, 2.24) is 14.7 Å². The van der Waals surface area contributed by atoms with E-state index in [1.807, 2.05) is 60.7 Å². The molecular formula is C32H37N3O3S. The van der Waals surface area contributed by atoms with E-state index in [9.17, 15) is 14.4 Å². The van der Waals surface area contributed by atoms with Crippen LogP contribution in [0.3, 0.4) is 0 Å². The second-order valence-electron chi connectivity index (χ2n) is 10.5. The molecule has 0 N–H and O–H groups in total. The van der Waals surface area contributed by atoms with Gasteiger partial charge in [0.2, 0.25) is 0 Å². The Kier molecular flexibility index (Phi) is 9.46. The summed E-state index contributed by atoms with van der Waals surface area (Å²) in [6.07, 6.45) is 2.64. The third-order valence-corrected chi connectivity index (χ3v) is 7.16. The molecule has 4 rings (SSSR count). The number of hydrogen-bond acceptors (Lipinski definition) is 4. The van der Waals surface area contributed by atoms with Crippen molar-refractivity contribution in [1.29, 1.82) is 0 Å². The summed E-state index contributed by atoms with van der Waals surface area (Å²) in [6.45, 7) is 6.69. The molecule has 1 heterocycles. The summed E-state index contributed by atoms with van der Waals surface area (Å²) >= 11 is 4.28. The summed E-state index contributed by atoms with van der Waals surface area (Å²) in [5.74, 6) is 0.587. The summed E-state index contributed by atoms with van der Waals surface area (Å²) in [4.78, 5) is 45.3. The van der Waals surface area contributed by atoms with Crippen LogP contribution in [0, 0.1) is 5.92 Å². The van der Waals surface area contributed by atoms with Crippen molar-refractivity contribution in [2.24, 2.45) is 5.92 Å². The molecule has 0 radical (unpaired) electrons. The number of carbonyl (C=O) groups is 3. The highest BCUT2D eigenvalue weighted by molar-refractivity contribution is 7.80. The van der Waals surface area contributed by atoms with Crippen molar-refractivity contribution in [3.8, 4) is 0 Å². The second-order valence-corrected chi connectivity index (χ2v) is 10.9. The Bertz CT molecular complexity index is 1290. The molecule has 1 aliphatic heterocycles. The molecule has 0 aromatic heterocycles. The monoisotopic (exact) mass is 543 g/mol. The van der Waals surface area contributed by atoms with Gasteiger partial charge in [-0.2, -0.15) is 12.6 Å². The predicted octanol–water partition coefficient (Wildman–Crippen LogP) is 5.53. The highest BCUT2D eigenvalue weighted by atomic mass is 32.1. The molecule has 0 saturated carbocycles. The number of carbonyl (C=O) groups excluding carboxylic acids is 3. The Hall–Kier alpha value is -3.58. The van der Waals surface area contributed by atoms with Crippen LogP contribution in [0.2, 0.25) is 0 Å². The number of aryl methyl sites for hydroxylation is 2. The first-order chi connectivity index (χ1) is 18.8. The van der Waals surface area contributed by atoms with Crippen LogP contribution in [-0.4, -0.2) is 58.2 Å². The third-order valence-electron chi connectivity index (χ3n) is 6.94. The fourth-order valence-corrected chi connectivity index (χ4v) is 5.02. The van der Waals surface area contributed by atoms with E-state index in [1.165, 1.54) is 5.56 Å². The molecule has 1 saturated heterocycles. The van der Waals surface area contributed by atoms with Gasteiger partial charge in [-0.25, -0.2) is 0 Å². The van der Waals surface area contributed by atoms with Crippen molar-refractivity contribution in [3.05, 3.63) is 106 Å². The van der Waals surface area contributed by atoms with Crippen LogP contribution >= 0.6 is 12.6 Å². The lowest BCUT2D eigenvalue weighted by Gasteiger charge is -2.42. The minimum atomic E-state index is -0.226. The molecule has 6 nitrogen and oxygen atoms in total. The molecule has 0 bridgehead atoms. The van der Waals surface area contributed by atoms with E-state index in [-0.39, 0.29) is 37.7 Å². The van der Waals surface area contributed by atoms with Crippen molar-refractivity contribution in [2.45, 2.75) is 40.0 Å².